The van der Waals surface area contributed by atoms with Crippen LogP contribution in [0.2, 0.25) is 0 Å². The average molecular weight is 497 g/mol. The summed E-state index contributed by atoms with van der Waals surface area (Å²) in [4.78, 5) is 2.56. The Morgan fingerprint density at radius 1 is 0.564 bits per heavy atom. The van der Waals surface area contributed by atoms with Crippen LogP contribution in [0.15, 0.2) is 133 Å². The molecule has 0 fully saturated rings. The molecule has 0 N–H and O–H groups in total. The van der Waals surface area contributed by atoms with Gasteiger partial charge in [-0.15, -0.1) is 0 Å². The van der Waals surface area contributed by atoms with Gasteiger partial charge in [-0.2, -0.15) is 0 Å². The van der Waals surface area contributed by atoms with Gasteiger partial charge in [-0.05, 0) is 56.1 Å². The normalized spacial score (nSPS) is 14.5. The van der Waals surface area contributed by atoms with Crippen molar-refractivity contribution in [2.24, 2.45) is 0 Å². The van der Waals surface area contributed by atoms with Crippen molar-refractivity contribution in [2.75, 3.05) is 4.90 Å². The molecule has 0 atom stereocenters. The zero-order valence-corrected chi connectivity index (χ0v) is 22.2. The maximum Gasteiger partial charge on any atom is 0.246 e. The Morgan fingerprint density at radius 2 is 1.28 bits per heavy atom. The lowest BCUT2D eigenvalue weighted by Gasteiger charge is -2.47. The second-order valence-corrected chi connectivity index (χ2v) is 11.4. The molecule has 6 aromatic rings. The summed E-state index contributed by atoms with van der Waals surface area (Å²) in [6, 6.07) is 49.3. The number of fused-ring (bicyclic) bond motifs is 6. The van der Waals surface area contributed by atoms with Gasteiger partial charge >= 0.3 is 0 Å². The monoisotopic (exact) mass is 497 g/mol. The first-order chi connectivity index (χ1) is 19.1. The maximum absolute atomic E-state index is 2.56. The van der Waals surface area contributed by atoms with Crippen molar-refractivity contribution in [1.29, 1.82) is 0 Å². The van der Waals surface area contributed by atoms with E-state index in [0.717, 1.165) is 0 Å². The van der Waals surface area contributed by atoms with E-state index in [4.69, 9.17) is 0 Å². The molecular formula is C37H28BN. The molecule has 8 rings (SSSR count). The Morgan fingerprint density at radius 3 is 2.10 bits per heavy atom. The lowest BCUT2D eigenvalue weighted by molar-refractivity contribution is 0.638. The molecule has 2 aliphatic rings. The van der Waals surface area contributed by atoms with Crippen LogP contribution < -0.4 is 21.3 Å². The predicted octanol–water partition coefficient (Wildman–Crippen LogP) is 7.45. The van der Waals surface area contributed by atoms with Gasteiger partial charge in [0, 0.05) is 16.8 Å². The molecule has 2 heteroatoms. The van der Waals surface area contributed by atoms with E-state index in [9.17, 15) is 0 Å². The highest BCUT2D eigenvalue weighted by Gasteiger charge is 2.44. The van der Waals surface area contributed by atoms with E-state index in [1.807, 2.05) is 0 Å². The number of hydrogen-bond acceptors (Lipinski definition) is 1. The van der Waals surface area contributed by atoms with Gasteiger partial charge in [0.2, 0.25) is 6.71 Å². The van der Waals surface area contributed by atoms with Gasteiger partial charge in [0.1, 0.15) is 0 Å². The van der Waals surface area contributed by atoms with Crippen LogP contribution in [0.3, 0.4) is 0 Å². The van der Waals surface area contributed by atoms with Crippen LogP contribution in [-0.4, -0.2) is 6.71 Å². The second-order valence-electron chi connectivity index (χ2n) is 11.4. The van der Waals surface area contributed by atoms with E-state index in [1.54, 1.807) is 0 Å². The summed E-state index contributed by atoms with van der Waals surface area (Å²) in [5, 5.41) is 2.63. The summed E-state index contributed by atoms with van der Waals surface area (Å²) < 4.78 is 0. The van der Waals surface area contributed by atoms with Crippen molar-refractivity contribution in [1.82, 2.24) is 0 Å². The van der Waals surface area contributed by atoms with E-state index in [0.29, 0.717) is 0 Å². The highest BCUT2D eigenvalue weighted by atomic mass is 15.2. The molecule has 2 aliphatic heterocycles. The van der Waals surface area contributed by atoms with E-state index in [1.165, 1.54) is 66.5 Å². The quantitative estimate of drug-likeness (QED) is 0.224. The summed E-state index contributed by atoms with van der Waals surface area (Å²) in [6.45, 7) is 4.96. The first kappa shape index (κ1) is 22.4. The predicted molar refractivity (Wildman–Crippen MR) is 167 cm³/mol. The van der Waals surface area contributed by atoms with Gasteiger partial charge < -0.3 is 4.90 Å². The third-order valence-electron chi connectivity index (χ3n) is 8.87. The zero-order chi connectivity index (χ0) is 26.1. The highest BCUT2D eigenvalue weighted by Crippen LogP contribution is 2.54. The van der Waals surface area contributed by atoms with Crippen LogP contribution >= 0.6 is 0 Å². The molecule has 0 saturated carbocycles. The number of hydrogen-bond donors (Lipinski definition) is 0. The van der Waals surface area contributed by atoms with Gasteiger partial charge in [0.15, 0.2) is 0 Å². The fourth-order valence-electron chi connectivity index (χ4n) is 7.13. The Kier molecular flexibility index (Phi) is 4.73. The Labute approximate surface area is 230 Å². The van der Waals surface area contributed by atoms with Gasteiger partial charge in [0.25, 0.3) is 0 Å². The third-order valence-corrected chi connectivity index (χ3v) is 8.87. The molecule has 1 nitrogen and oxygen atoms in total. The minimum absolute atomic E-state index is 0.138. The molecular weight excluding hydrogens is 469 g/mol. The lowest BCUT2D eigenvalue weighted by atomic mass is 9.34. The lowest BCUT2D eigenvalue weighted by Crippen LogP contribution is -2.58. The van der Waals surface area contributed by atoms with Crippen LogP contribution in [0.1, 0.15) is 25.0 Å². The number of rotatable bonds is 2. The first-order valence-corrected chi connectivity index (χ1v) is 13.8. The molecule has 0 amide bonds. The van der Waals surface area contributed by atoms with Crippen LogP contribution in [0.4, 0.5) is 17.1 Å². The molecule has 184 valence electrons. The van der Waals surface area contributed by atoms with Crippen molar-refractivity contribution >= 4 is 50.9 Å². The van der Waals surface area contributed by atoms with Crippen molar-refractivity contribution in [3.05, 3.63) is 145 Å². The first-order valence-electron chi connectivity index (χ1n) is 13.8. The standard InChI is InChI=1S/C37H28BN/c1-37(2)30-18-11-19-31-36(30)39(34-23-20-26-14-9-10-17-29(26)35(34)37)33-22-21-27(25-12-5-3-6-13-25)24-32(33)38(31)28-15-7-4-8-16-28/h3-24H,1-2H3. The number of benzene rings is 6. The van der Waals surface area contributed by atoms with Gasteiger partial charge in [-0.1, -0.05) is 141 Å². The maximum atomic E-state index is 2.56. The largest absolute Gasteiger partial charge is 0.311 e. The second kappa shape index (κ2) is 8.22. The molecule has 0 unspecified atom stereocenters. The molecule has 0 aromatic heterocycles. The fraction of sp³-hybridized carbons (Fsp3) is 0.0811. The Hall–Kier alpha value is -4.56. The van der Waals surface area contributed by atoms with Crippen molar-refractivity contribution in [2.45, 2.75) is 19.3 Å². The van der Waals surface area contributed by atoms with Crippen LogP contribution in [0, 0.1) is 0 Å². The van der Waals surface area contributed by atoms with E-state index < -0.39 is 0 Å². The SMILES string of the molecule is CC1(C)c2cccc3c2N(c2ccc(-c4ccccc4)cc2B3c2ccccc2)c2ccc3ccccc3c21. The van der Waals surface area contributed by atoms with Crippen molar-refractivity contribution in [3.63, 3.8) is 0 Å². The minimum Gasteiger partial charge on any atom is -0.311 e. The summed E-state index contributed by atoms with van der Waals surface area (Å²) in [6.07, 6.45) is 0. The molecule has 0 bridgehead atoms. The summed E-state index contributed by atoms with van der Waals surface area (Å²) >= 11 is 0. The van der Waals surface area contributed by atoms with Gasteiger partial charge in [-0.3, -0.25) is 0 Å². The summed E-state index contributed by atoms with van der Waals surface area (Å²) in [5.74, 6) is 0. The topological polar surface area (TPSA) is 3.24 Å². The highest BCUT2D eigenvalue weighted by molar-refractivity contribution is 6.98. The summed E-state index contributed by atoms with van der Waals surface area (Å²) in [7, 11) is 0. The molecule has 2 heterocycles. The number of anilines is 3. The molecule has 0 aliphatic carbocycles. The van der Waals surface area contributed by atoms with Gasteiger partial charge in [0.05, 0.1) is 5.69 Å². The number of nitrogens with zero attached hydrogens (tertiary/aromatic N) is 1. The number of para-hydroxylation sites is 1. The minimum atomic E-state index is -0.138. The van der Waals surface area contributed by atoms with Crippen LogP contribution in [-0.2, 0) is 5.41 Å². The van der Waals surface area contributed by atoms with Crippen LogP contribution in [0.25, 0.3) is 21.9 Å². The molecule has 0 spiro atoms. The Balaban J connectivity index is 1.48. The van der Waals surface area contributed by atoms with Crippen molar-refractivity contribution < 1.29 is 0 Å². The summed E-state index contributed by atoms with van der Waals surface area (Å²) in [5.41, 5.74) is 13.1. The average Bonchev–Trinajstić information content (AvgIpc) is 2.99. The molecule has 0 saturated heterocycles. The van der Waals surface area contributed by atoms with E-state index in [2.05, 4.69) is 152 Å². The molecule has 39 heavy (non-hydrogen) atoms. The molecule has 6 aromatic carbocycles. The molecule has 0 radical (unpaired) electrons. The van der Waals surface area contributed by atoms with E-state index >= 15 is 0 Å². The third kappa shape index (κ3) is 3.15. The Bertz CT molecular complexity index is 1890. The smallest absolute Gasteiger partial charge is 0.246 e. The fourth-order valence-corrected chi connectivity index (χ4v) is 7.13. The van der Waals surface area contributed by atoms with Crippen LogP contribution in [0.5, 0.6) is 0 Å². The van der Waals surface area contributed by atoms with E-state index in [-0.39, 0.29) is 12.1 Å². The van der Waals surface area contributed by atoms with Crippen molar-refractivity contribution in [3.8, 4) is 11.1 Å². The zero-order valence-electron chi connectivity index (χ0n) is 22.2. The van der Waals surface area contributed by atoms with Gasteiger partial charge in [-0.25, -0.2) is 0 Å².